The summed E-state index contributed by atoms with van der Waals surface area (Å²) in [6.45, 7) is 3.04. The molecule has 6 N–H and O–H groups in total. The van der Waals surface area contributed by atoms with Crippen LogP contribution in [0, 0.1) is 11.8 Å². The molecule has 14 heteroatoms. The Hall–Kier alpha value is -5.08. The van der Waals surface area contributed by atoms with Crippen molar-refractivity contribution < 1.29 is 68.8 Å². The molecule has 0 aromatic heterocycles. The number of carbonyl (C=O) groups is 4. The van der Waals surface area contributed by atoms with Gasteiger partial charge < -0.3 is 49.6 Å². The highest BCUT2D eigenvalue weighted by Gasteiger charge is 2.64. The smallest absolute Gasteiger partial charge is 0.358 e. The molecule has 6 atom stereocenters. The number of carbonyl (C=O) groups excluding carboxylic acids is 4. The number of hydrogen-bond acceptors (Lipinski definition) is 14. The van der Waals surface area contributed by atoms with Gasteiger partial charge in [0.1, 0.15) is 57.9 Å². The molecule has 2 heterocycles. The number of methoxy groups -OCH3 is 2. The first-order valence-electron chi connectivity index (χ1n) is 14.3. The number of phenols is 2. The predicted octanol–water partition coefficient (Wildman–Crippen LogP) is 1.85. The second-order valence-corrected chi connectivity index (χ2v) is 11.9. The van der Waals surface area contributed by atoms with Crippen LogP contribution in [0.5, 0.6) is 23.0 Å². The van der Waals surface area contributed by atoms with Gasteiger partial charge in [-0.25, -0.2) is 9.59 Å². The molecule has 14 nitrogen and oxygen atoms in total. The summed E-state index contributed by atoms with van der Waals surface area (Å²) in [5.74, 6) is -9.01. The van der Waals surface area contributed by atoms with Gasteiger partial charge in [0.2, 0.25) is 0 Å². The van der Waals surface area contributed by atoms with Crippen LogP contribution in [0.15, 0.2) is 35.4 Å². The first-order valence-corrected chi connectivity index (χ1v) is 14.3. The number of Topliss-reactive ketones (excluding diaryl/α,β-unsaturated/α-hetero) is 2. The average molecular weight is 639 g/mol. The highest BCUT2D eigenvalue weighted by molar-refractivity contribution is 6.14. The predicted molar refractivity (Wildman–Crippen MR) is 155 cm³/mol. The van der Waals surface area contributed by atoms with Crippen LogP contribution < -0.4 is 9.47 Å². The maximum Gasteiger partial charge on any atom is 0.358 e. The van der Waals surface area contributed by atoms with E-state index in [-0.39, 0.29) is 35.5 Å². The number of phenolic OH excluding ortho intramolecular Hbond substituents is 2. The topological polar surface area (TPSA) is 227 Å². The quantitative estimate of drug-likeness (QED) is 0.264. The summed E-state index contributed by atoms with van der Waals surface area (Å²) >= 11 is 0. The summed E-state index contributed by atoms with van der Waals surface area (Å²) in [5, 5.41) is 67.7. The summed E-state index contributed by atoms with van der Waals surface area (Å²) in [5.41, 5.74) is -7.25. The molecule has 0 radical (unpaired) electrons. The van der Waals surface area contributed by atoms with Crippen molar-refractivity contribution in [2.24, 2.45) is 11.8 Å². The Morgan fingerprint density at radius 2 is 1.04 bits per heavy atom. The minimum Gasteiger partial charge on any atom is -0.506 e. The first-order chi connectivity index (χ1) is 21.7. The monoisotopic (exact) mass is 638 g/mol. The van der Waals surface area contributed by atoms with Crippen molar-refractivity contribution in [1.29, 1.82) is 0 Å². The van der Waals surface area contributed by atoms with Gasteiger partial charge in [0, 0.05) is 24.0 Å². The third-order valence-electron chi connectivity index (χ3n) is 9.26. The summed E-state index contributed by atoms with van der Waals surface area (Å²) in [4.78, 5) is 52.3. The van der Waals surface area contributed by atoms with Crippen molar-refractivity contribution in [3.8, 4) is 34.1 Å². The molecule has 0 spiro atoms. The number of aliphatic hydroxyl groups excluding tert-OH is 4. The minimum atomic E-state index is -2.42. The molecular formula is C32H30O14. The Balaban J connectivity index is 1.55. The van der Waals surface area contributed by atoms with Gasteiger partial charge in [0.05, 0.1) is 25.4 Å². The zero-order valence-corrected chi connectivity index (χ0v) is 25.0. The molecule has 0 saturated heterocycles. The van der Waals surface area contributed by atoms with Crippen LogP contribution >= 0.6 is 0 Å². The standard InChI is InChI=1S/C32H30O14/c1-11-9-15(33)21-25(37)19-17(45-31(21,27(11)39)29(41)43-3)7-5-13(23(19)35)14-6-8-18-20(24(14)36)26(38)22-16(34)10-12(2)28(40)32(22,46-18)30(42)44-4/h5-8,11-12,27-28,35-40H,9-10H2,1-4H3/t11-,12+,27+,28-,31-,32-/m0/s1. The van der Waals surface area contributed by atoms with E-state index in [1.165, 1.54) is 38.1 Å². The van der Waals surface area contributed by atoms with Crippen LogP contribution in [0.4, 0.5) is 0 Å². The first kappa shape index (κ1) is 30.9. The van der Waals surface area contributed by atoms with E-state index < -0.39 is 104 Å². The van der Waals surface area contributed by atoms with E-state index in [1.807, 2.05) is 0 Å². The van der Waals surface area contributed by atoms with E-state index in [1.54, 1.807) is 0 Å². The Bertz CT molecular complexity index is 1690. The van der Waals surface area contributed by atoms with Gasteiger partial charge in [0.15, 0.2) is 11.6 Å². The molecule has 2 aromatic carbocycles. The molecule has 2 aliphatic carbocycles. The highest BCUT2D eigenvalue weighted by atomic mass is 16.6. The SMILES string of the molecule is COC(=O)[C@]12Oc3ccc(-c4ccc5c(c4O)C(O)=C4C(=O)C[C@@H](C)[C@H](O)[C@@]4(C(=O)OC)O5)c(O)c3C(O)=C1C(=O)C[C@H](C)[C@H]2O. The number of aromatic hydroxyl groups is 2. The van der Waals surface area contributed by atoms with Crippen molar-refractivity contribution >= 4 is 35.0 Å². The van der Waals surface area contributed by atoms with Gasteiger partial charge in [-0.15, -0.1) is 0 Å². The van der Waals surface area contributed by atoms with Crippen LogP contribution in [0.2, 0.25) is 0 Å². The molecular weight excluding hydrogens is 608 g/mol. The summed E-state index contributed by atoms with van der Waals surface area (Å²) in [6.07, 6.45) is -3.72. The van der Waals surface area contributed by atoms with Crippen LogP contribution in [0.25, 0.3) is 22.6 Å². The van der Waals surface area contributed by atoms with E-state index in [0.29, 0.717) is 0 Å². The highest BCUT2D eigenvalue weighted by Crippen LogP contribution is 2.55. The molecule has 0 unspecified atom stereocenters. The summed E-state index contributed by atoms with van der Waals surface area (Å²) in [6, 6.07) is 4.92. The summed E-state index contributed by atoms with van der Waals surface area (Å²) in [7, 11) is 2.04. The largest absolute Gasteiger partial charge is 0.506 e. The van der Waals surface area contributed by atoms with E-state index >= 15 is 0 Å². The van der Waals surface area contributed by atoms with E-state index in [4.69, 9.17) is 18.9 Å². The van der Waals surface area contributed by atoms with Crippen LogP contribution in [-0.2, 0) is 28.7 Å². The van der Waals surface area contributed by atoms with E-state index in [0.717, 1.165) is 14.2 Å². The molecule has 2 saturated carbocycles. The molecule has 2 fully saturated rings. The second kappa shape index (κ2) is 10.2. The van der Waals surface area contributed by atoms with E-state index in [2.05, 4.69) is 0 Å². The Kier molecular flexibility index (Phi) is 6.87. The Labute approximate surface area is 260 Å². The molecule has 6 rings (SSSR count). The van der Waals surface area contributed by atoms with Crippen LogP contribution in [0.1, 0.15) is 37.8 Å². The number of esters is 2. The van der Waals surface area contributed by atoms with Gasteiger partial charge in [-0.2, -0.15) is 0 Å². The number of rotatable bonds is 3. The number of ketones is 2. The zero-order valence-electron chi connectivity index (χ0n) is 25.0. The van der Waals surface area contributed by atoms with Crippen LogP contribution in [-0.4, -0.2) is 91.8 Å². The maximum absolute atomic E-state index is 13.2. The normalized spacial score (nSPS) is 29.9. The van der Waals surface area contributed by atoms with Crippen molar-refractivity contribution in [2.45, 2.75) is 50.1 Å². The Morgan fingerprint density at radius 3 is 1.37 bits per heavy atom. The lowest BCUT2D eigenvalue weighted by molar-refractivity contribution is -0.173. The number of aliphatic hydroxyl groups is 4. The fourth-order valence-corrected chi connectivity index (χ4v) is 7.00. The second-order valence-electron chi connectivity index (χ2n) is 11.9. The molecule has 2 aromatic rings. The minimum absolute atomic E-state index is 0.163. The van der Waals surface area contributed by atoms with Gasteiger partial charge in [-0.05, 0) is 36.1 Å². The van der Waals surface area contributed by atoms with Crippen molar-refractivity contribution in [1.82, 2.24) is 0 Å². The number of fused-ring (bicyclic) bond motifs is 4. The molecule has 46 heavy (non-hydrogen) atoms. The van der Waals surface area contributed by atoms with E-state index in [9.17, 15) is 49.8 Å². The zero-order chi connectivity index (χ0) is 33.6. The maximum atomic E-state index is 13.2. The lowest BCUT2D eigenvalue weighted by Gasteiger charge is -2.45. The van der Waals surface area contributed by atoms with Gasteiger partial charge in [-0.3, -0.25) is 9.59 Å². The van der Waals surface area contributed by atoms with Crippen molar-refractivity contribution in [3.63, 3.8) is 0 Å². The third-order valence-corrected chi connectivity index (χ3v) is 9.26. The lowest BCUT2D eigenvalue weighted by atomic mass is 9.69. The van der Waals surface area contributed by atoms with Crippen molar-refractivity contribution in [3.05, 3.63) is 46.5 Å². The Morgan fingerprint density at radius 1 is 0.696 bits per heavy atom. The molecule has 2 aliphatic heterocycles. The number of ether oxygens (including phenoxy) is 4. The van der Waals surface area contributed by atoms with Crippen molar-refractivity contribution in [2.75, 3.05) is 14.2 Å². The number of hydrogen-bond donors (Lipinski definition) is 6. The average Bonchev–Trinajstić information content (AvgIpc) is 3.01. The number of benzene rings is 2. The van der Waals surface area contributed by atoms with Gasteiger partial charge >= 0.3 is 11.9 Å². The molecule has 242 valence electrons. The molecule has 0 amide bonds. The fraction of sp³-hybridized carbons (Fsp3) is 0.375. The fourth-order valence-electron chi connectivity index (χ4n) is 7.00. The lowest BCUT2D eigenvalue weighted by Crippen LogP contribution is -2.64. The molecule has 4 aliphatic rings. The van der Waals surface area contributed by atoms with Crippen LogP contribution in [0.3, 0.4) is 0 Å². The third kappa shape index (κ3) is 3.70. The van der Waals surface area contributed by atoms with Gasteiger partial charge in [0.25, 0.3) is 11.2 Å². The summed E-state index contributed by atoms with van der Waals surface area (Å²) < 4.78 is 21.5. The molecule has 0 bridgehead atoms. The van der Waals surface area contributed by atoms with Gasteiger partial charge in [-0.1, -0.05) is 13.8 Å².